The van der Waals surface area contributed by atoms with Crippen LogP contribution in [0.1, 0.15) is 25.0 Å². The zero-order valence-electron chi connectivity index (χ0n) is 10.3. The molecule has 0 aliphatic carbocycles. The molecule has 2 nitrogen and oxygen atoms in total. The van der Waals surface area contributed by atoms with Gasteiger partial charge in [0.1, 0.15) is 0 Å². The molecule has 0 aliphatic heterocycles. The number of rotatable bonds is 6. The molecule has 0 aromatic heterocycles. The minimum Gasteiger partial charge on any atom is -0.315 e. The molecule has 0 saturated carbocycles. The van der Waals surface area contributed by atoms with E-state index in [2.05, 4.69) is 65.5 Å². The maximum absolute atomic E-state index is 3.55. The molecule has 16 heavy (non-hydrogen) atoms. The summed E-state index contributed by atoms with van der Waals surface area (Å²) >= 11 is 3.55. The molecule has 1 rings (SSSR count). The molecular formula is C13H21BrN2. The van der Waals surface area contributed by atoms with Crippen molar-refractivity contribution in [1.29, 1.82) is 0 Å². The Hall–Kier alpha value is -0.380. The molecule has 1 atom stereocenters. The van der Waals surface area contributed by atoms with Crippen molar-refractivity contribution in [2.24, 2.45) is 0 Å². The van der Waals surface area contributed by atoms with E-state index in [1.807, 2.05) is 0 Å². The Balaban J connectivity index is 2.45. The van der Waals surface area contributed by atoms with Gasteiger partial charge < -0.3 is 10.6 Å². The molecule has 0 saturated heterocycles. The van der Waals surface area contributed by atoms with Crippen molar-refractivity contribution < 1.29 is 0 Å². The fourth-order valence-electron chi connectivity index (χ4n) is 1.56. The summed E-state index contributed by atoms with van der Waals surface area (Å²) in [4.78, 5) is 0. The Labute approximate surface area is 107 Å². The molecule has 1 aromatic rings. The lowest BCUT2D eigenvalue weighted by molar-refractivity contribution is 0.508. The normalized spacial score (nSPS) is 12.8. The minimum absolute atomic E-state index is 0.498. The molecule has 90 valence electrons. The quantitative estimate of drug-likeness (QED) is 0.840. The fraction of sp³-hybridized carbons (Fsp3) is 0.538. The molecule has 0 aliphatic rings. The molecule has 0 spiro atoms. The molecular weight excluding hydrogens is 264 g/mol. The third-order valence-electron chi connectivity index (χ3n) is 2.72. The summed E-state index contributed by atoms with van der Waals surface area (Å²) in [6.45, 7) is 9.46. The maximum Gasteiger partial charge on any atom is 0.0211 e. The zero-order chi connectivity index (χ0) is 12.0. The highest BCUT2D eigenvalue weighted by Gasteiger charge is 2.04. The van der Waals surface area contributed by atoms with Gasteiger partial charge in [-0.25, -0.2) is 0 Å². The van der Waals surface area contributed by atoms with Crippen LogP contribution in [0.5, 0.6) is 0 Å². The number of benzene rings is 1. The first-order valence-corrected chi connectivity index (χ1v) is 6.62. The second kappa shape index (κ2) is 7.05. The first kappa shape index (κ1) is 13.7. The SMILES string of the molecule is CCNCC(C)NCc1cccc(Br)c1C. The number of likely N-dealkylation sites (N-methyl/N-ethyl adjacent to an activating group) is 1. The lowest BCUT2D eigenvalue weighted by atomic mass is 10.1. The highest BCUT2D eigenvalue weighted by Crippen LogP contribution is 2.19. The van der Waals surface area contributed by atoms with Gasteiger partial charge in [0.15, 0.2) is 0 Å². The van der Waals surface area contributed by atoms with Crippen LogP contribution in [0, 0.1) is 6.92 Å². The summed E-state index contributed by atoms with van der Waals surface area (Å²) in [6.07, 6.45) is 0. The Bertz CT molecular complexity index is 326. The zero-order valence-corrected chi connectivity index (χ0v) is 11.9. The average Bonchev–Trinajstić information content (AvgIpc) is 2.28. The highest BCUT2D eigenvalue weighted by atomic mass is 79.9. The predicted molar refractivity (Wildman–Crippen MR) is 73.7 cm³/mol. The summed E-state index contributed by atoms with van der Waals surface area (Å²) in [7, 11) is 0. The summed E-state index contributed by atoms with van der Waals surface area (Å²) in [5.41, 5.74) is 2.68. The van der Waals surface area contributed by atoms with E-state index >= 15 is 0 Å². The highest BCUT2D eigenvalue weighted by molar-refractivity contribution is 9.10. The van der Waals surface area contributed by atoms with E-state index in [-0.39, 0.29) is 0 Å². The van der Waals surface area contributed by atoms with Crippen molar-refractivity contribution >= 4 is 15.9 Å². The summed E-state index contributed by atoms with van der Waals surface area (Å²) in [5.74, 6) is 0. The maximum atomic E-state index is 3.55. The van der Waals surface area contributed by atoms with Crippen molar-refractivity contribution in [3.63, 3.8) is 0 Å². The van der Waals surface area contributed by atoms with Gasteiger partial charge >= 0.3 is 0 Å². The smallest absolute Gasteiger partial charge is 0.0211 e. The number of hydrogen-bond acceptors (Lipinski definition) is 2. The van der Waals surface area contributed by atoms with Crippen LogP contribution in [0.3, 0.4) is 0 Å². The van der Waals surface area contributed by atoms with Crippen LogP contribution in [0.4, 0.5) is 0 Å². The Morgan fingerprint density at radius 2 is 2.12 bits per heavy atom. The van der Waals surface area contributed by atoms with Gasteiger partial charge in [-0.15, -0.1) is 0 Å². The van der Waals surface area contributed by atoms with Crippen LogP contribution in [-0.2, 0) is 6.54 Å². The summed E-state index contributed by atoms with van der Waals surface area (Å²) < 4.78 is 1.19. The molecule has 0 radical (unpaired) electrons. The molecule has 0 amide bonds. The lowest BCUT2D eigenvalue weighted by Crippen LogP contribution is -2.35. The van der Waals surface area contributed by atoms with Crippen LogP contribution in [0.2, 0.25) is 0 Å². The molecule has 0 heterocycles. The Morgan fingerprint density at radius 1 is 1.38 bits per heavy atom. The van der Waals surface area contributed by atoms with Gasteiger partial charge in [0.25, 0.3) is 0 Å². The molecule has 1 unspecified atom stereocenters. The van der Waals surface area contributed by atoms with Crippen molar-refractivity contribution in [2.45, 2.75) is 33.4 Å². The summed E-state index contributed by atoms with van der Waals surface area (Å²) in [5, 5.41) is 6.86. The monoisotopic (exact) mass is 284 g/mol. The Kier molecular flexibility index (Phi) is 6.03. The predicted octanol–water partition coefficient (Wildman–Crippen LogP) is 2.85. The van der Waals surface area contributed by atoms with E-state index in [1.165, 1.54) is 15.6 Å². The number of halogens is 1. The first-order valence-electron chi connectivity index (χ1n) is 5.83. The standard InChI is InChI=1S/C13H21BrN2/c1-4-15-8-10(2)16-9-12-6-5-7-13(14)11(12)3/h5-7,10,15-16H,4,8-9H2,1-3H3. The topological polar surface area (TPSA) is 24.1 Å². The molecule has 3 heteroatoms. The van der Waals surface area contributed by atoms with Crippen LogP contribution in [0.15, 0.2) is 22.7 Å². The van der Waals surface area contributed by atoms with E-state index in [4.69, 9.17) is 0 Å². The van der Waals surface area contributed by atoms with Gasteiger partial charge in [-0.3, -0.25) is 0 Å². The van der Waals surface area contributed by atoms with Gasteiger partial charge in [0, 0.05) is 23.6 Å². The second-order valence-electron chi connectivity index (χ2n) is 4.11. The van der Waals surface area contributed by atoms with Gasteiger partial charge in [-0.05, 0) is 37.6 Å². The van der Waals surface area contributed by atoms with Gasteiger partial charge in [-0.2, -0.15) is 0 Å². The van der Waals surface area contributed by atoms with Gasteiger partial charge in [0.05, 0.1) is 0 Å². The summed E-state index contributed by atoms with van der Waals surface area (Å²) in [6, 6.07) is 6.84. The number of hydrogen-bond donors (Lipinski definition) is 2. The van der Waals surface area contributed by atoms with E-state index in [0.29, 0.717) is 6.04 Å². The number of nitrogens with one attached hydrogen (secondary N) is 2. The van der Waals surface area contributed by atoms with Crippen LogP contribution < -0.4 is 10.6 Å². The molecule has 0 bridgehead atoms. The fourth-order valence-corrected chi connectivity index (χ4v) is 1.97. The first-order chi connectivity index (χ1) is 7.65. The average molecular weight is 285 g/mol. The van der Waals surface area contributed by atoms with Crippen LogP contribution in [0.25, 0.3) is 0 Å². The third kappa shape index (κ3) is 4.24. The third-order valence-corrected chi connectivity index (χ3v) is 3.58. The minimum atomic E-state index is 0.498. The second-order valence-corrected chi connectivity index (χ2v) is 4.97. The van der Waals surface area contributed by atoms with E-state index < -0.39 is 0 Å². The van der Waals surface area contributed by atoms with Crippen molar-refractivity contribution in [1.82, 2.24) is 10.6 Å². The van der Waals surface area contributed by atoms with E-state index in [9.17, 15) is 0 Å². The van der Waals surface area contributed by atoms with Crippen molar-refractivity contribution in [3.8, 4) is 0 Å². The molecule has 2 N–H and O–H groups in total. The molecule has 1 aromatic carbocycles. The molecule has 0 fully saturated rings. The Morgan fingerprint density at radius 3 is 2.81 bits per heavy atom. The van der Waals surface area contributed by atoms with Crippen molar-refractivity contribution in [3.05, 3.63) is 33.8 Å². The lowest BCUT2D eigenvalue weighted by Gasteiger charge is -2.15. The van der Waals surface area contributed by atoms with E-state index in [1.54, 1.807) is 0 Å². The van der Waals surface area contributed by atoms with Crippen LogP contribution >= 0.6 is 15.9 Å². The van der Waals surface area contributed by atoms with Gasteiger partial charge in [-0.1, -0.05) is 35.0 Å². The van der Waals surface area contributed by atoms with Crippen LogP contribution in [-0.4, -0.2) is 19.1 Å². The van der Waals surface area contributed by atoms with Crippen molar-refractivity contribution in [2.75, 3.05) is 13.1 Å². The largest absolute Gasteiger partial charge is 0.315 e. The van der Waals surface area contributed by atoms with Gasteiger partial charge in [0.2, 0.25) is 0 Å². The van der Waals surface area contributed by atoms with E-state index in [0.717, 1.165) is 19.6 Å².